The Balaban J connectivity index is 1.72. The van der Waals surface area contributed by atoms with Crippen LogP contribution in [0.1, 0.15) is 71.1 Å². The Morgan fingerprint density at radius 2 is 1.88 bits per heavy atom. The van der Waals surface area contributed by atoms with Gasteiger partial charge in [-0.15, -0.1) is 0 Å². The van der Waals surface area contributed by atoms with E-state index in [1.54, 1.807) is 21.7 Å². The molecule has 2 heterocycles. The number of benzene rings is 1. The lowest BCUT2D eigenvalue weighted by Gasteiger charge is -2.26. The first-order valence-electron chi connectivity index (χ1n) is 11.2. The standard InChI is InChI=1S/C24H33Cl2N3O3/c1-16(2)18-14-27-29(22-19(25)9-6-10-20(22)26)21(18)15-31-17-8-7-12-28(13-11-17)23(30)32-24(3,4)5/h6,9-10,14,16-17H,7-8,11-13,15H2,1-5H3. The lowest BCUT2D eigenvalue weighted by atomic mass is 10.0. The zero-order valence-electron chi connectivity index (χ0n) is 19.5. The molecule has 1 saturated heterocycles. The molecular weight excluding hydrogens is 449 g/mol. The fraction of sp³-hybridized carbons (Fsp3) is 0.583. The highest BCUT2D eigenvalue weighted by Crippen LogP contribution is 2.32. The van der Waals surface area contributed by atoms with Crippen LogP contribution in [0.2, 0.25) is 10.0 Å². The van der Waals surface area contributed by atoms with Crippen molar-refractivity contribution in [3.05, 3.63) is 45.7 Å². The van der Waals surface area contributed by atoms with Crippen molar-refractivity contribution < 1.29 is 14.3 Å². The summed E-state index contributed by atoms with van der Waals surface area (Å²) in [5.74, 6) is 0.278. The normalized spacial score (nSPS) is 17.5. The zero-order valence-corrected chi connectivity index (χ0v) is 21.0. The van der Waals surface area contributed by atoms with Gasteiger partial charge >= 0.3 is 6.09 Å². The van der Waals surface area contributed by atoms with Crippen LogP contribution in [-0.2, 0) is 16.1 Å². The average Bonchev–Trinajstić information content (AvgIpc) is 2.95. The Hall–Kier alpha value is -1.76. The highest BCUT2D eigenvalue weighted by Gasteiger charge is 2.26. The molecular formula is C24H33Cl2N3O3. The number of carbonyl (C=O) groups excluding carboxylic acids is 1. The number of carbonyl (C=O) groups is 1. The molecule has 3 rings (SSSR count). The van der Waals surface area contributed by atoms with Crippen LogP contribution < -0.4 is 0 Å². The van der Waals surface area contributed by atoms with Crippen LogP contribution in [-0.4, -0.2) is 45.6 Å². The van der Waals surface area contributed by atoms with E-state index in [4.69, 9.17) is 32.7 Å². The molecule has 1 aliphatic heterocycles. The predicted molar refractivity (Wildman–Crippen MR) is 128 cm³/mol. The zero-order chi connectivity index (χ0) is 23.5. The molecule has 6 nitrogen and oxygen atoms in total. The Labute approximate surface area is 200 Å². The second-order valence-corrected chi connectivity index (χ2v) is 10.3. The second-order valence-electron chi connectivity index (χ2n) is 9.51. The molecule has 2 aromatic rings. The van der Waals surface area contributed by atoms with E-state index < -0.39 is 5.60 Å². The molecule has 1 amide bonds. The summed E-state index contributed by atoms with van der Waals surface area (Å²) in [7, 11) is 0. The SMILES string of the molecule is CC(C)c1cnn(-c2c(Cl)cccc2Cl)c1COC1CCCN(C(=O)OC(C)(C)C)CC1. The number of hydrogen-bond acceptors (Lipinski definition) is 4. The van der Waals surface area contributed by atoms with E-state index in [1.807, 2.05) is 33.0 Å². The summed E-state index contributed by atoms with van der Waals surface area (Å²) in [4.78, 5) is 14.2. The van der Waals surface area contributed by atoms with Gasteiger partial charge in [-0.05, 0) is 63.6 Å². The van der Waals surface area contributed by atoms with Gasteiger partial charge in [-0.25, -0.2) is 9.48 Å². The molecule has 0 spiro atoms. The van der Waals surface area contributed by atoms with Crippen LogP contribution >= 0.6 is 23.2 Å². The van der Waals surface area contributed by atoms with Crippen molar-refractivity contribution in [3.63, 3.8) is 0 Å². The van der Waals surface area contributed by atoms with Crippen LogP contribution in [0.4, 0.5) is 4.79 Å². The van der Waals surface area contributed by atoms with Crippen LogP contribution in [0, 0.1) is 0 Å². The van der Waals surface area contributed by atoms with Gasteiger partial charge in [-0.1, -0.05) is 43.1 Å². The van der Waals surface area contributed by atoms with Crippen LogP contribution in [0.15, 0.2) is 24.4 Å². The molecule has 1 aromatic heterocycles. The molecule has 1 fully saturated rings. The van der Waals surface area contributed by atoms with Crippen molar-refractivity contribution in [2.45, 2.75) is 78.1 Å². The molecule has 0 aliphatic carbocycles. The number of amides is 1. The van der Waals surface area contributed by atoms with Gasteiger partial charge in [0.1, 0.15) is 11.3 Å². The summed E-state index contributed by atoms with van der Waals surface area (Å²) in [6.07, 6.45) is 4.17. The number of halogens is 2. The van der Waals surface area contributed by atoms with Crippen LogP contribution in [0.5, 0.6) is 0 Å². The quantitative estimate of drug-likeness (QED) is 0.481. The number of hydrogen-bond donors (Lipinski definition) is 0. The van der Waals surface area contributed by atoms with Crippen LogP contribution in [0.25, 0.3) is 5.69 Å². The maximum atomic E-state index is 12.4. The third kappa shape index (κ3) is 6.18. The molecule has 176 valence electrons. The summed E-state index contributed by atoms with van der Waals surface area (Å²) in [5, 5.41) is 5.66. The van der Waals surface area contributed by atoms with Gasteiger partial charge in [0.05, 0.1) is 34.6 Å². The van der Waals surface area contributed by atoms with E-state index in [0.717, 1.165) is 30.5 Å². The third-order valence-corrected chi connectivity index (χ3v) is 6.07. The van der Waals surface area contributed by atoms with E-state index in [9.17, 15) is 4.79 Å². The number of likely N-dealkylation sites (tertiary alicyclic amines) is 1. The second kappa shape index (κ2) is 10.4. The summed E-state index contributed by atoms with van der Waals surface area (Å²) in [6.45, 7) is 11.6. The Morgan fingerprint density at radius 3 is 2.50 bits per heavy atom. The van der Waals surface area contributed by atoms with E-state index in [1.165, 1.54) is 0 Å². The molecule has 1 aliphatic rings. The number of aromatic nitrogens is 2. The number of ether oxygens (including phenoxy) is 2. The molecule has 1 aromatic carbocycles. The van der Waals surface area contributed by atoms with Crippen molar-refractivity contribution in [1.29, 1.82) is 0 Å². The van der Waals surface area contributed by atoms with Gasteiger partial charge < -0.3 is 14.4 Å². The van der Waals surface area contributed by atoms with Gasteiger partial charge in [-0.2, -0.15) is 5.10 Å². The lowest BCUT2D eigenvalue weighted by molar-refractivity contribution is 0.0181. The fourth-order valence-electron chi connectivity index (χ4n) is 3.84. The minimum absolute atomic E-state index is 0.0486. The summed E-state index contributed by atoms with van der Waals surface area (Å²) < 4.78 is 13.7. The third-order valence-electron chi connectivity index (χ3n) is 5.46. The molecule has 32 heavy (non-hydrogen) atoms. The maximum absolute atomic E-state index is 12.4. The Morgan fingerprint density at radius 1 is 1.19 bits per heavy atom. The lowest BCUT2D eigenvalue weighted by Crippen LogP contribution is -2.37. The fourth-order valence-corrected chi connectivity index (χ4v) is 4.39. The van der Waals surface area contributed by atoms with Crippen molar-refractivity contribution in [3.8, 4) is 5.69 Å². The first-order chi connectivity index (χ1) is 15.1. The van der Waals surface area contributed by atoms with Gasteiger partial charge in [0.25, 0.3) is 0 Å². The smallest absolute Gasteiger partial charge is 0.410 e. The number of nitrogens with zero attached hydrogens (tertiary/aromatic N) is 3. The molecule has 0 N–H and O–H groups in total. The predicted octanol–water partition coefficient (Wildman–Crippen LogP) is 6.61. The summed E-state index contributed by atoms with van der Waals surface area (Å²) >= 11 is 12.9. The van der Waals surface area contributed by atoms with Crippen molar-refractivity contribution in [2.24, 2.45) is 0 Å². The van der Waals surface area contributed by atoms with Gasteiger partial charge in [0.15, 0.2) is 0 Å². The maximum Gasteiger partial charge on any atom is 0.410 e. The van der Waals surface area contributed by atoms with E-state index >= 15 is 0 Å². The summed E-state index contributed by atoms with van der Waals surface area (Å²) in [5.41, 5.74) is 2.22. The highest BCUT2D eigenvalue weighted by atomic mass is 35.5. The van der Waals surface area contributed by atoms with Gasteiger partial charge in [0, 0.05) is 13.1 Å². The minimum atomic E-state index is -0.495. The van der Waals surface area contributed by atoms with Crippen LogP contribution in [0.3, 0.4) is 0 Å². The van der Waals surface area contributed by atoms with Gasteiger partial charge in [0.2, 0.25) is 0 Å². The largest absolute Gasteiger partial charge is 0.444 e. The first-order valence-corrected chi connectivity index (χ1v) is 11.9. The monoisotopic (exact) mass is 481 g/mol. The molecule has 0 bridgehead atoms. The van der Waals surface area contributed by atoms with Crippen molar-refractivity contribution >= 4 is 29.3 Å². The molecule has 0 radical (unpaired) electrons. The molecule has 1 atom stereocenters. The Bertz CT molecular complexity index is 917. The number of para-hydroxylation sites is 1. The summed E-state index contributed by atoms with van der Waals surface area (Å²) in [6, 6.07) is 5.43. The average molecular weight is 482 g/mol. The highest BCUT2D eigenvalue weighted by molar-refractivity contribution is 6.37. The first kappa shape index (κ1) is 24.9. The minimum Gasteiger partial charge on any atom is -0.444 e. The Kier molecular flexibility index (Phi) is 8.12. The topological polar surface area (TPSA) is 56.6 Å². The molecule has 8 heteroatoms. The van der Waals surface area contributed by atoms with E-state index in [2.05, 4.69) is 18.9 Å². The number of rotatable bonds is 5. The van der Waals surface area contributed by atoms with E-state index in [0.29, 0.717) is 35.4 Å². The van der Waals surface area contributed by atoms with Crippen molar-refractivity contribution in [2.75, 3.05) is 13.1 Å². The molecule has 0 saturated carbocycles. The molecule has 1 unspecified atom stereocenters. The van der Waals surface area contributed by atoms with E-state index in [-0.39, 0.29) is 18.1 Å². The van der Waals surface area contributed by atoms with Crippen molar-refractivity contribution in [1.82, 2.24) is 14.7 Å². The van der Waals surface area contributed by atoms with Gasteiger partial charge in [-0.3, -0.25) is 0 Å².